The van der Waals surface area contributed by atoms with Crippen LogP contribution in [0.5, 0.6) is 0 Å². The minimum Gasteiger partial charge on any atom is -0.383 e. The van der Waals surface area contributed by atoms with Gasteiger partial charge in [0.1, 0.15) is 11.6 Å². The van der Waals surface area contributed by atoms with E-state index >= 15 is 0 Å². The SMILES string of the molecule is CNc1nc(SC)nc(N)c1C(=N)c1ccccc1. The summed E-state index contributed by atoms with van der Waals surface area (Å²) < 4.78 is 0. The van der Waals surface area contributed by atoms with E-state index in [0.29, 0.717) is 28.1 Å². The van der Waals surface area contributed by atoms with Gasteiger partial charge in [-0.25, -0.2) is 9.97 Å². The molecule has 1 aromatic carbocycles. The number of nitrogens with two attached hydrogens (primary N) is 1. The van der Waals surface area contributed by atoms with Crippen LogP contribution in [0.4, 0.5) is 11.6 Å². The first kappa shape index (κ1) is 13.4. The summed E-state index contributed by atoms with van der Waals surface area (Å²) in [4.78, 5) is 8.53. The summed E-state index contributed by atoms with van der Waals surface area (Å²) in [5.41, 5.74) is 7.60. The van der Waals surface area contributed by atoms with E-state index in [1.165, 1.54) is 11.8 Å². The summed E-state index contributed by atoms with van der Waals surface area (Å²) in [5, 5.41) is 11.8. The fraction of sp³-hybridized carbons (Fsp3) is 0.154. The summed E-state index contributed by atoms with van der Waals surface area (Å²) in [6, 6.07) is 9.41. The summed E-state index contributed by atoms with van der Waals surface area (Å²) in [6.07, 6.45) is 1.89. The van der Waals surface area contributed by atoms with Crippen molar-refractivity contribution in [2.45, 2.75) is 5.16 Å². The van der Waals surface area contributed by atoms with Crippen LogP contribution in [-0.4, -0.2) is 29.0 Å². The van der Waals surface area contributed by atoms with E-state index in [-0.39, 0.29) is 0 Å². The number of benzene rings is 1. The zero-order valence-electron chi connectivity index (χ0n) is 10.8. The number of hydrogen-bond donors (Lipinski definition) is 3. The second kappa shape index (κ2) is 5.71. The van der Waals surface area contributed by atoms with Gasteiger partial charge in [-0.3, -0.25) is 5.41 Å². The van der Waals surface area contributed by atoms with Crippen LogP contribution >= 0.6 is 11.8 Å². The van der Waals surface area contributed by atoms with Crippen molar-refractivity contribution in [1.29, 1.82) is 5.41 Å². The van der Waals surface area contributed by atoms with Gasteiger partial charge in [0, 0.05) is 12.6 Å². The van der Waals surface area contributed by atoms with Gasteiger partial charge in [0.2, 0.25) is 0 Å². The lowest BCUT2D eigenvalue weighted by Gasteiger charge is -2.12. The van der Waals surface area contributed by atoms with Crippen molar-refractivity contribution in [3.8, 4) is 0 Å². The average molecular weight is 273 g/mol. The Balaban J connectivity index is 2.53. The van der Waals surface area contributed by atoms with Crippen molar-refractivity contribution in [3.63, 3.8) is 0 Å². The van der Waals surface area contributed by atoms with E-state index in [2.05, 4.69) is 15.3 Å². The number of nitrogens with one attached hydrogen (secondary N) is 2. The molecule has 0 spiro atoms. The predicted molar refractivity (Wildman–Crippen MR) is 80.1 cm³/mol. The Morgan fingerprint density at radius 3 is 2.53 bits per heavy atom. The maximum Gasteiger partial charge on any atom is 0.191 e. The fourth-order valence-electron chi connectivity index (χ4n) is 1.72. The number of nitrogens with zero attached hydrogens (tertiary/aromatic N) is 2. The van der Waals surface area contributed by atoms with Gasteiger partial charge >= 0.3 is 0 Å². The second-order valence-corrected chi connectivity index (χ2v) is 4.58. The molecular formula is C13H15N5S. The summed E-state index contributed by atoms with van der Waals surface area (Å²) in [7, 11) is 1.76. The lowest BCUT2D eigenvalue weighted by molar-refractivity contribution is 0.976. The second-order valence-electron chi connectivity index (χ2n) is 3.81. The third-order valence-electron chi connectivity index (χ3n) is 2.65. The first-order valence-corrected chi connectivity index (χ1v) is 6.93. The zero-order chi connectivity index (χ0) is 13.8. The molecule has 0 saturated carbocycles. The van der Waals surface area contributed by atoms with Crippen molar-refractivity contribution in [2.24, 2.45) is 0 Å². The lowest BCUT2D eigenvalue weighted by Crippen LogP contribution is -2.13. The Bertz CT molecular complexity index is 597. The lowest BCUT2D eigenvalue weighted by atomic mass is 10.0. The standard InChI is InChI=1S/C13H15N5S/c1-16-12-9(11(15)17-13(18-12)19-2)10(14)8-6-4-3-5-7-8/h3-7,14H,1-2H3,(H3,15,16,17,18). The molecule has 2 aromatic rings. The Hall–Kier alpha value is -2.08. The van der Waals surface area contributed by atoms with E-state index in [9.17, 15) is 0 Å². The van der Waals surface area contributed by atoms with Crippen molar-refractivity contribution in [1.82, 2.24) is 9.97 Å². The Labute approximate surface area is 116 Å². The van der Waals surface area contributed by atoms with E-state index < -0.39 is 0 Å². The van der Waals surface area contributed by atoms with Gasteiger partial charge in [0.05, 0.1) is 11.3 Å². The molecule has 98 valence electrons. The minimum atomic E-state index is 0.315. The van der Waals surface area contributed by atoms with Crippen LogP contribution in [0.2, 0.25) is 0 Å². The quantitative estimate of drug-likeness (QED) is 0.452. The molecule has 0 amide bonds. The van der Waals surface area contributed by atoms with E-state index in [0.717, 1.165) is 5.56 Å². The monoisotopic (exact) mass is 273 g/mol. The van der Waals surface area contributed by atoms with Crippen molar-refractivity contribution < 1.29 is 0 Å². The van der Waals surface area contributed by atoms with Crippen molar-refractivity contribution in [2.75, 3.05) is 24.4 Å². The predicted octanol–water partition coefficient (Wildman–Crippen LogP) is 2.24. The maximum absolute atomic E-state index is 8.28. The molecular weight excluding hydrogens is 258 g/mol. The summed E-state index contributed by atoms with van der Waals surface area (Å²) in [6.45, 7) is 0. The molecule has 6 heteroatoms. The van der Waals surface area contributed by atoms with Gasteiger partial charge in [0.15, 0.2) is 5.16 Å². The van der Waals surface area contributed by atoms with Gasteiger partial charge in [-0.2, -0.15) is 0 Å². The Kier molecular flexibility index (Phi) is 4.01. The molecule has 0 fully saturated rings. The molecule has 2 rings (SSSR count). The molecule has 4 N–H and O–H groups in total. The van der Waals surface area contributed by atoms with Gasteiger partial charge in [-0.1, -0.05) is 42.1 Å². The highest BCUT2D eigenvalue weighted by Crippen LogP contribution is 2.24. The first-order chi connectivity index (χ1) is 9.17. The Morgan fingerprint density at radius 2 is 1.95 bits per heavy atom. The van der Waals surface area contributed by atoms with E-state index in [1.54, 1.807) is 7.05 Å². The molecule has 0 saturated heterocycles. The highest BCUT2D eigenvalue weighted by atomic mass is 32.2. The molecule has 1 heterocycles. The smallest absolute Gasteiger partial charge is 0.191 e. The van der Waals surface area contributed by atoms with Gasteiger partial charge < -0.3 is 11.1 Å². The topological polar surface area (TPSA) is 87.7 Å². The first-order valence-electron chi connectivity index (χ1n) is 5.71. The molecule has 0 aliphatic rings. The number of anilines is 2. The number of hydrogen-bond acceptors (Lipinski definition) is 6. The molecule has 19 heavy (non-hydrogen) atoms. The number of aromatic nitrogens is 2. The van der Waals surface area contributed by atoms with Gasteiger partial charge in [-0.15, -0.1) is 0 Å². The van der Waals surface area contributed by atoms with Crippen LogP contribution in [0, 0.1) is 5.41 Å². The number of nitrogen functional groups attached to an aromatic ring is 1. The van der Waals surface area contributed by atoms with Crippen molar-refractivity contribution >= 4 is 29.1 Å². The molecule has 0 aliphatic carbocycles. The highest BCUT2D eigenvalue weighted by molar-refractivity contribution is 7.98. The number of thioether (sulfide) groups is 1. The fourth-order valence-corrected chi connectivity index (χ4v) is 2.10. The minimum absolute atomic E-state index is 0.315. The van der Waals surface area contributed by atoms with Crippen LogP contribution in [-0.2, 0) is 0 Å². The molecule has 1 aromatic heterocycles. The van der Waals surface area contributed by atoms with E-state index in [4.69, 9.17) is 11.1 Å². The third kappa shape index (κ3) is 2.68. The molecule has 5 nitrogen and oxygen atoms in total. The van der Waals surface area contributed by atoms with Gasteiger partial charge in [0.25, 0.3) is 0 Å². The molecule has 0 unspecified atom stereocenters. The average Bonchev–Trinajstić information content (AvgIpc) is 2.46. The van der Waals surface area contributed by atoms with Crippen LogP contribution in [0.25, 0.3) is 0 Å². The van der Waals surface area contributed by atoms with Crippen molar-refractivity contribution in [3.05, 3.63) is 41.5 Å². The third-order valence-corrected chi connectivity index (χ3v) is 3.20. The van der Waals surface area contributed by atoms with Gasteiger partial charge in [-0.05, 0) is 6.26 Å². The van der Waals surface area contributed by atoms with Crippen LogP contribution in [0.3, 0.4) is 0 Å². The van der Waals surface area contributed by atoms with E-state index in [1.807, 2.05) is 36.6 Å². The van der Waals surface area contributed by atoms with Crippen LogP contribution in [0.1, 0.15) is 11.1 Å². The zero-order valence-corrected chi connectivity index (χ0v) is 11.6. The Morgan fingerprint density at radius 1 is 1.26 bits per heavy atom. The highest BCUT2D eigenvalue weighted by Gasteiger charge is 2.16. The molecule has 0 atom stereocenters. The number of rotatable bonds is 4. The largest absolute Gasteiger partial charge is 0.383 e. The molecule has 0 radical (unpaired) electrons. The molecule has 0 bridgehead atoms. The molecule has 0 aliphatic heterocycles. The van der Waals surface area contributed by atoms with Crippen LogP contribution in [0.15, 0.2) is 35.5 Å². The normalized spacial score (nSPS) is 10.2. The van der Waals surface area contributed by atoms with Crippen LogP contribution < -0.4 is 11.1 Å². The summed E-state index contributed by atoms with van der Waals surface area (Å²) >= 11 is 1.42. The maximum atomic E-state index is 8.28. The summed E-state index contributed by atoms with van der Waals surface area (Å²) in [5.74, 6) is 0.892.